The monoisotopic (exact) mass is 240 g/mol. The molecule has 0 spiro atoms. The van der Waals surface area contributed by atoms with Crippen LogP contribution in [0.3, 0.4) is 0 Å². The van der Waals surface area contributed by atoms with E-state index in [1.54, 1.807) is 0 Å². The van der Waals surface area contributed by atoms with E-state index in [0.717, 1.165) is 25.9 Å². The molecule has 2 rings (SSSR count). The summed E-state index contributed by atoms with van der Waals surface area (Å²) in [5.74, 6) is 0.448. The van der Waals surface area contributed by atoms with Gasteiger partial charge >= 0.3 is 0 Å². The third-order valence-electron chi connectivity index (χ3n) is 4.28. The second kappa shape index (κ2) is 4.94. The van der Waals surface area contributed by atoms with Crippen LogP contribution in [0.5, 0.6) is 0 Å². The molecule has 17 heavy (non-hydrogen) atoms. The van der Waals surface area contributed by atoms with E-state index in [0.29, 0.717) is 6.54 Å². The van der Waals surface area contributed by atoms with Crippen LogP contribution in [-0.2, 0) is 4.79 Å². The van der Waals surface area contributed by atoms with Gasteiger partial charge in [-0.1, -0.05) is 20.3 Å². The molecule has 2 heterocycles. The molecule has 0 radical (unpaired) electrons. The Morgan fingerprint density at radius 3 is 2.76 bits per heavy atom. The first-order valence-corrected chi connectivity index (χ1v) is 6.67. The number of carbonyl (C=O) groups excluding carboxylic acids is 1. The lowest BCUT2D eigenvalue weighted by Gasteiger charge is -2.28. The molecule has 4 nitrogen and oxygen atoms in total. The van der Waals surface area contributed by atoms with Crippen molar-refractivity contribution in [3.63, 3.8) is 0 Å². The third kappa shape index (κ3) is 2.63. The summed E-state index contributed by atoms with van der Waals surface area (Å²) in [6.07, 6.45) is 3.28. The molecule has 0 aromatic heterocycles. The smallest absolute Gasteiger partial charge is 0.239 e. The topological polar surface area (TPSA) is 52.6 Å². The molecule has 4 heteroatoms. The number of rotatable bonds is 2. The molecular formula is C13H24N2O2. The maximum Gasteiger partial charge on any atom is 0.239 e. The van der Waals surface area contributed by atoms with E-state index in [1.165, 1.54) is 6.42 Å². The first kappa shape index (κ1) is 12.8. The third-order valence-corrected chi connectivity index (χ3v) is 4.28. The molecule has 0 unspecified atom stereocenters. The maximum absolute atomic E-state index is 12.3. The number of likely N-dealkylation sites (tertiary alicyclic amines) is 1. The van der Waals surface area contributed by atoms with Crippen LogP contribution in [0.2, 0.25) is 0 Å². The molecule has 2 fully saturated rings. The SMILES string of the molecule is CC1(C)CN(C(=O)[C@@H]2CCCCN2)C[C@H]1CO. The second-order valence-electron chi connectivity index (χ2n) is 6.09. The lowest BCUT2D eigenvalue weighted by Crippen LogP contribution is -2.48. The highest BCUT2D eigenvalue weighted by molar-refractivity contribution is 5.82. The van der Waals surface area contributed by atoms with E-state index in [-0.39, 0.29) is 29.9 Å². The van der Waals surface area contributed by atoms with Gasteiger partial charge in [-0.2, -0.15) is 0 Å². The zero-order chi connectivity index (χ0) is 12.5. The van der Waals surface area contributed by atoms with Crippen molar-refractivity contribution in [3.8, 4) is 0 Å². The Balaban J connectivity index is 1.97. The van der Waals surface area contributed by atoms with Gasteiger partial charge in [0, 0.05) is 25.6 Å². The number of amides is 1. The predicted octanol–water partition coefficient (Wildman–Crippen LogP) is 0.605. The van der Waals surface area contributed by atoms with Crippen molar-refractivity contribution in [2.45, 2.75) is 39.2 Å². The van der Waals surface area contributed by atoms with Gasteiger partial charge in [0.25, 0.3) is 0 Å². The van der Waals surface area contributed by atoms with E-state index in [1.807, 2.05) is 4.90 Å². The average Bonchev–Trinajstić information content (AvgIpc) is 2.64. The fourth-order valence-electron chi connectivity index (χ4n) is 2.95. The molecule has 0 aromatic rings. The van der Waals surface area contributed by atoms with Crippen molar-refractivity contribution in [1.82, 2.24) is 10.2 Å². The van der Waals surface area contributed by atoms with Crippen LogP contribution in [-0.4, -0.2) is 48.2 Å². The number of carbonyl (C=O) groups is 1. The molecule has 98 valence electrons. The number of hydrogen-bond acceptors (Lipinski definition) is 3. The van der Waals surface area contributed by atoms with Gasteiger partial charge in [-0.05, 0) is 24.8 Å². The van der Waals surface area contributed by atoms with Crippen LogP contribution in [0.1, 0.15) is 33.1 Å². The van der Waals surface area contributed by atoms with Gasteiger partial charge < -0.3 is 15.3 Å². The summed E-state index contributed by atoms with van der Waals surface area (Å²) in [4.78, 5) is 14.3. The number of aliphatic hydroxyl groups excluding tert-OH is 1. The van der Waals surface area contributed by atoms with Crippen molar-refractivity contribution in [1.29, 1.82) is 0 Å². The Morgan fingerprint density at radius 1 is 1.47 bits per heavy atom. The molecule has 2 aliphatic rings. The van der Waals surface area contributed by atoms with Crippen molar-refractivity contribution < 1.29 is 9.90 Å². The summed E-state index contributed by atoms with van der Waals surface area (Å²) in [7, 11) is 0. The van der Waals surface area contributed by atoms with Crippen LogP contribution in [0.4, 0.5) is 0 Å². The molecule has 0 bridgehead atoms. The van der Waals surface area contributed by atoms with Crippen LogP contribution in [0.15, 0.2) is 0 Å². The number of hydrogen-bond donors (Lipinski definition) is 2. The zero-order valence-corrected chi connectivity index (χ0v) is 10.9. The quantitative estimate of drug-likeness (QED) is 0.743. The lowest BCUT2D eigenvalue weighted by molar-refractivity contribution is -0.133. The lowest BCUT2D eigenvalue weighted by atomic mass is 9.83. The Morgan fingerprint density at radius 2 is 2.24 bits per heavy atom. The fourth-order valence-corrected chi connectivity index (χ4v) is 2.95. The Hall–Kier alpha value is -0.610. The van der Waals surface area contributed by atoms with Gasteiger partial charge in [0.1, 0.15) is 0 Å². The Labute approximate surface area is 103 Å². The minimum Gasteiger partial charge on any atom is -0.396 e. The summed E-state index contributed by atoms with van der Waals surface area (Å²) in [6.45, 7) is 6.88. The normalized spacial score (nSPS) is 32.8. The van der Waals surface area contributed by atoms with Crippen LogP contribution < -0.4 is 5.32 Å². The average molecular weight is 240 g/mol. The van der Waals surface area contributed by atoms with Gasteiger partial charge in [0.05, 0.1) is 6.04 Å². The number of nitrogens with one attached hydrogen (secondary N) is 1. The predicted molar refractivity (Wildman–Crippen MR) is 66.6 cm³/mol. The van der Waals surface area contributed by atoms with Crippen LogP contribution in [0, 0.1) is 11.3 Å². The number of nitrogens with zero attached hydrogens (tertiary/aromatic N) is 1. The van der Waals surface area contributed by atoms with E-state index in [4.69, 9.17) is 0 Å². The van der Waals surface area contributed by atoms with Gasteiger partial charge in [-0.25, -0.2) is 0 Å². The van der Waals surface area contributed by atoms with Gasteiger partial charge in [0.2, 0.25) is 5.91 Å². The van der Waals surface area contributed by atoms with Crippen molar-refractivity contribution in [2.75, 3.05) is 26.2 Å². The zero-order valence-electron chi connectivity index (χ0n) is 10.9. The standard InChI is InChI=1S/C13H24N2O2/c1-13(2)9-15(7-10(13)8-16)12(17)11-5-3-4-6-14-11/h10-11,14,16H,3-9H2,1-2H3/t10-,11-/m0/s1. The Bertz CT molecular complexity index is 285. The van der Waals surface area contributed by atoms with Crippen LogP contribution >= 0.6 is 0 Å². The minimum absolute atomic E-state index is 0.0111. The summed E-state index contributed by atoms with van der Waals surface area (Å²) < 4.78 is 0. The van der Waals surface area contributed by atoms with Gasteiger partial charge in [0.15, 0.2) is 0 Å². The molecule has 2 atom stereocenters. The van der Waals surface area contributed by atoms with Gasteiger partial charge in [-0.3, -0.25) is 4.79 Å². The summed E-state index contributed by atoms with van der Waals surface area (Å²) >= 11 is 0. The van der Waals surface area contributed by atoms with E-state index < -0.39 is 0 Å². The molecule has 0 aromatic carbocycles. The molecule has 2 N–H and O–H groups in total. The first-order chi connectivity index (χ1) is 8.04. The highest BCUT2D eigenvalue weighted by Gasteiger charge is 2.42. The largest absolute Gasteiger partial charge is 0.396 e. The van der Waals surface area contributed by atoms with E-state index in [2.05, 4.69) is 19.2 Å². The molecule has 2 saturated heterocycles. The highest BCUT2D eigenvalue weighted by atomic mass is 16.3. The summed E-state index contributed by atoms with van der Waals surface area (Å²) in [5, 5.41) is 12.7. The molecule has 0 aliphatic carbocycles. The molecule has 1 amide bonds. The number of piperidine rings is 1. The summed E-state index contributed by atoms with van der Waals surface area (Å²) in [6, 6.07) is 0.0111. The second-order valence-corrected chi connectivity index (χ2v) is 6.09. The van der Waals surface area contributed by atoms with Crippen molar-refractivity contribution in [3.05, 3.63) is 0 Å². The Kier molecular flexibility index (Phi) is 3.73. The first-order valence-electron chi connectivity index (χ1n) is 6.67. The van der Waals surface area contributed by atoms with E-state index in [9.17, 15) is 9.90 Å². The maximum atomic E-state index is 12.3. The fraction of sp³-hybridized carbons (Fsp3) is 0.923. The van der Waals surface area contributed by atoms with Crippen molar-refractivity contribution >= 4 is 5.91 Å². The number of aliphatic hydroxyl groups is 1. The molecule has 2 aliphatic heterocycles. The summed E-state index contributed by atoms with van der Waals surface area (Å²) in [5.41, 5.74) is 0.0408. The molecular weight excluding hydrogens is 216 g/mol. The highest BCUT2D eigenvalue weighted by Crippen LogP contribution is 2.35. The van der Waals surface area contributed by atoms with Gasteiger partial charge in [-0.15, -0.1) is 0 Å². The van der Waals surface area contributed by atoms with E-state index >= 15 is 0 Å². The molecule has 0 saturated carbocycles. The van der Waals surface area contributed by atoms with Crippen LogP contribution in [0.25, 0.3) is 0 Å². The van der Waals surface area contributed by atoms with Crippen molar-refractivity contribution in [2.24, 2.45) is 11.3 Å². The minimum atomic E-state index is 0.0111.